The summed E-state index contributed by atoms with van der Waals surface area (Å²) in [6.07, 6.45) is 0.579. The van der Waals surface area contributed by atoms with Gasteiger partial charge < -0.3 is 14.7 Å². The second-order valence-electron chi connectivity index (χ2n) is 3.96. The van der Waals surface area contributed by atoms with Gasteiger partial charge in [0.1, 0.15) is 0 Å². The van der Waals surface area contributed by atoms with Crippen LogP contribution in [0.5, 0.6) is 0 Å². The maximum absolute atomic E-state index is 9.52. The molecule has 1 fully saturated rings. The van der Waals surface area contributed by atoms with Crippen molar-refractivity contribution < 1.29 is 9.84 Å². The van der Waals surface area contributed by atoms with E-state index in [1.807, 2.05) is 27.9 Å². The van der Waals surface area contributed by atoms with E-state index in [9.17, 15) is 5.11 Å². The maximum atomic E-state index is 9.52. The van der Waals surface area contributed by atoms with Crippen molar-refractivity contribution in [1.29, 1.82) is 0 Å². The fourth-order valence-electron chi connectivity index (χ4n) is 1.84. The minimum absolute atomic E-state index is 0.170. The number of hydrogen-bond donors (Lipinski definition) is 1. The van der Waals surface area contributed by atoms with E-state index in [4.69, 9.17) is 4.74 Å². The van der Waals surface area contributed by atoms with Crippen LogP contribution in [0.15, 0.2) is 0 Å². The molecular weight excluding hydrogens is 154 g/mol. The highest BCUT2D eigenvalue weighted by molar-refractivity contribution is 4.81. The quantitative estimate of drug-likeness (QED) is 0.633. The lowest BCUT2D eigenvalue weighted by Crippen LogP contribution is -2.48. The predicted molar refractivity (Wildman–Crippen MR) is 47.8 cm³/mol. The first-order chi connectivity index (χ1) is 5.52. The van der Waals surface area contributed by atoms with E-state index in [0.29, 0.717) is 6.04 Å². The summed E-state index contributed by atoms with van der Waals surface area (Å²) < 4.78 is 5.31. The molecule has 0 aromatic heterocycles. The third-order valence-electron chi connectivity index (χ3n) is 2.67. The van der Waals surface area contributed by atoms with E-state index in [-0.39, 0.29) is 12.0 Å². The van der Waals surface area contributed by atoms with Gasteiger partial charge >= 0.3 is 0 Å². The normalized spacial score (nSPS) is 43.5. The Morgan fingerprint density at radius 1 is 1.33 bits per heavy atom. The van der Waals surface area contributed by atoms with Crippen molar-refractivity contribution in [3.63, 3.8) is 0 Å². The van der Waals surface area contributed by atoms with Crippen molar-refractivity contribution in [1.82, 2.24) is 4.90 Å². The van der Waals surface area contributed by atoms with Gasteiger partial charge in [0.2, 0.25) is 0 Å². The molecule has 0 radical (unpaired) electrons. The minimum Gasteiger partial charge on any atom is -0.368 e. The van der Waals surface area contributed by atoms with E-state index < -0.39 is 6.29 Å². The first kappa shape index (κ1) is 9.96. The monoisotopic (exact) mass is 173 g/mol. The molecular formula is C9H19NO2. The number of rotatable bonds is 1. The molecule has 0 aromatic carbocycles. The molecule has 1 rings (SSSR count). The summed E-state index contributed by atoms with van der Waals surface area (Å²) >= 11 is 0. The molecule has 1 saturated heterocycles. The molecule has 0 saturated carbocycles. The highest BCUT2D eigenvalue weighted by Crippen LogP contribution is 2.26. The Morgan fingerprint density at radius 3 is 2.42 bits per heavy atom. The average Bonchev–Trinajstić information content (AvgIpc) is 1.96. The Balaban J connectivity index is 2.60. The highest BCUT2D eigenvalue weighted by Gasteiger charge is 2.33. The standard InChI is InChI=1S/C9H19NO2/c1-6-5-8(10(3)4)7(2)9(11)12-6/h6-9,11H,5H2,1-4H3/t6-,7-,8+,9-/m1/s1. The average molecular weight is 173 g/mol. The molecule has 0 aromatic rings. The van der Waals surface area contributed by atoms with Gasteiger partial charge in [-0.1, -0.05) is 6.92 Å². The molecule has 1 heterocycles. The number of aliphatic hydroxyl groups excluding tert-OH is 1. The first-order valence-electron chi connectivity index (χ1n) is 4.52. The van der Waals surface area contributed by atoms with Crippen LogP contribution in [0.4, 0.5) is 0 Å². The smallest absolute Gasteiger partial charge is 0.158 e. The van der Waals surface area contributed by atoms with Crippen molar-refractivity contribution in [3.05, 3.63) is 0 Å². The van der Waals surface area contributed by atoms with Gasteiger partial charge in [-0.05, 0) is 27.4 Å². The fourth-order valence-corrected chi connectivity index (χ4v) is 1.84. The number of aliphatic hydroxyl groups is 1. The molecule has 0 unspecified atom stereocenters. The van der Waals surface area contributed by atoms with Crippen LogP contribution < -0.4 is 0 Å². The number of nitrogens with zero attached hydrogens (tertiary/aromatic N) is 1. The lowest BCUT2D eigenvalue weighted by Gasteiger charge is -2.40. The Hall–Kier alpha value is -0.120. The molecule has 3 nitrogen and oxygen atoms in total. The molecule has 12 heavy (non-hydrogen) atoms. The van der Waals surface area contributed by atoms with Gasteiger partial charge in [-0.15, -0.1) is 0 Å². The van der Waals surface area contributed by atoms with Crippen LogP contribution >= 0.6 is 0 Å². The van der Waals surface area contributed by atoms with Crippen molar-refractivity contribution in [2.75, 3.05) is 14.1 Å². The van der Waals surface area contributed by atoms with E-state index >= 15 is 0 Å². The zero-order chi connectivity index (χ0) is 9.30. The van der Waals surface area contributed by atoms with E-state index in [0.717, 1.165) is 6.42 Å². The summed E-state index contributed by atoms with van der Waals surface area (Å²) in [5, 5.41) is 9.52. The van der Waals surface area contributed by atoms with Crippen molar-refractivity contribution in [2.45, 2.75) is 38.7 Å². The molecule has 0 amide bonds. The summed E-state index contributed by atoms with van der Waals surface area (Å²) in [5.41, 5.74) is 0. The van der Waals surface area contributed by atoms with E-state index in [1.54, 1.807) is 0 Å². The summed E-state index contributed by atoms with van der Waals surface area (Å²) in [7, 11) is 4.10. The van der Waals surface area contributed by atoms with Crippen LogP contribution in [-0.4, -0.2) is 42.5 Å². The third kappa shape index (κ3) is 1.97. The summed E-state index contributed by atoms with van der Waals surface area (Å²) in [6.45, 7) is 4.03. The Labute approximate surface area is 74.3 Å². The van der Waals surface area contributed by atoms with E-state index in [2.05, 4.69) is 4.90 Å². The maximum Gasteiger partial charge on any atom is 0.158 e. The minimum atomic E-state index is -0.596. The second kappa shape index (κ2) is 3.73. The Kier molecular flexibility index (Phi) is 3.09. The van der Waals surface area contributed by atoms with Crippen LogP contribution in [0, 0.1) is 5.92 Å². The summed E-state index contributed by atoms with van der Waals surface area (Å²) in [5.74, 6) is 0.205. The molecule has 72 valence electrons. The van der Waals surface area contributed by atoms with Crippen molar-refractivity contribution in [2.24, 2.45) is 5.92 Å². The third-order valence-corrected chi connectivity index (χ3v) is 2.67. The summed E-state index contributed by atoms with van der Waals surface area (Å²) in [4.78, 5) is 2.16. The van der Waals surface area contributed by atoms with Crippen molar-refractivity contribution in [3.8, 4) is 0 Å². The van der Waals surface area contributed by atoms with Gasteiger partial charge in [0.25, 0.3) is 0 Å². The number of hydrogen-bond acceptors (Lipinski definition) is 3. The van der Waals surface area contributed by atoms with Gasteiger partial charge in [-0.25, -0.2) is 0 Å². The molecule has 4 atom stereocenters. The zero-order valence-corrected chi connectivity index (χ0v) is 8.32. The van der Waals surface area contributed by atoms with Gasteiger partial charge in [0.15, 0.2) is 6.29 Å². The van der Waals surface area contributed by atoms with Crippen LogP contribution in [-0.2, 0) is 4.74 Å². The fraction of sp³-hybridized carbons (Fsp3) is 1.00. The molecule has 0 bridgehead atoms. The first-order valence-corrected chi connectivity index (χ1v) is 4.52. The van der Waals surface area contributed by atoms with Crippen LogP contribution in [0.1, 0.15) is 20.3 Å². The van der Waals surface area contributed by atoms with Gasteiger partial charge in [0.05, 0.1) is 6.10 Å². The van der Waals surface area contributed by atoms with Gasteiger partial charge in [-0.2, -0.15) is 0 Å². The van der Waals surface area contributed by atoms with E-state index in [1.165, 1.54) is 0 Å². The van der Waals surface area contributed by atoms with Crippen molar-refractivity contribution >= 4 is 0 Å². The van der Waals surface area contributed by atoms with Gasteiger partial charge in [-0.3, -0.25) is 0 Å². The number of ether oxygens (including phenoxy) is 1. The molecule has 3 heteroatoms. The molecule has 0 spiro atoms. The second-order valence-corrected chi connectivity index (χ2v) is 3.96. The zero-order valence-electron chi connectivity index (χ0n) is 8.32. The highest BCUT2D eigenvalue weighted by atomic mass is 16.6. The molecule has 1 aliphatic rings. The molecule has 1 aliphatic heterocycles. The SMILES string of the molecule is C[C@H]1[C@H](O)O[C@H](C)C[C@@H]1N(C)C. The van der Waals surface area contributed by atoms with Crippen LogP contribution in [0.25, 0.3) is 0 Å². The topological polar surface area (TPSA) is 32.7 Å². The van der Waals surface area contributed by atoms with Crippen LogP contribution in [0.2, 0.25) is 0 Å². The molecule has 0 aliphatic carbocycles. The van der Waals surface area contributed by atoms with Crippen LogP contribution in [0.3, 0.4) is 0 Å². The Bertz CT molecular complexity index is 149. The largest absolute Gasteiger partial charge is 0.368 e. The predicted octanol–water partition coefficient (Wildman–Crippen LogP) is 0.680. The lowest BCUT2D eigenvalue weighted by atomic mass is 9.92. The lowest BCUT2D eigenvalue weighted by molar-refractivity contribution is -0.202. The molecule has 1 N–H and O–H groups in total. The van der Waals surface area contributed by atoms with Gasteiger partial charge in [0, 0.05) is 12.0 Å². The summed E-state index contributed by atoms with van der Waals surface area (Å²) in [6, 6.07) is 0.434. The Morgan fingerprint density at radius 2 is 1.92 bits per heavy atom.